The van der Waals surface area contributed by atoms with Crippen LogP contribution in [0.15, 0.2) is 5.16 Å². The third kappa shape index (κ3) is 4.40. The molecule has 0 radical (unpaired) electrons. The van der Waals surface area contributed by atoms with Crippen LogP contribution in [0.4, 0.5) is 4.79 Å². The average Bonchev–Trinajstić information content (AvgIpc) is 2.57. The predicted molar refractivity (Wildman–Crippen MR) is 63.6 cm³/mol. The monoisotopic (exact) mass is 278 g/mol. The molecule has 0 aromatic carbocycles. The van der Waals surface area contributed by atoms with Crippen molar-refractivity contribution in [2.45, 2.75) is 44.9 Å². The van der Waals surface area contributed by atoms with Crippen molar-refractivity contribution >= 4 is 28.8 Å². The summed E-state index contributed by atoms with van der Waals surface area (Å²) in [6, 6.07) is -1.26. The minimum atomic E-state index is -1.26. The molecule has 1 amide bonds. The molecule has 102 valence electrons. The van der Waals surface area contributed by atoms with Crippen LogP contribution in [0.25, 0.3) is 0 Å². The molecule has 8 heteroatoms. The van der Waals surface area contributed by atoms with Gasteiger partial charge in [0.1, 0.15) is 10.8 Å². The van der Waals surface area contributed by atoms with Gasteiger partial charge in [0.05, 0.1) is 0 Å². The van der Waals surface area contributed by atoms with Crippen molar-refractivity contribution in [2.75, 3.05) is 0 Å². The topological polar surface area (TPSA) is 97.2 Å². The first-order chi connectivity index (χ1) is 8.19. The molecule has 1 rings (SSSR count). The molecule has 0 aromatic heterocycles. The lowest BCUT2D eigenvalue weighted by molar-refractivity contribution is -0.143. The van der Waals surface area contributed by atoms with E-state index in [4.69, 9.17) is 26.3 Å². The Hall–Kier alpha value is -1.50. The van der Waals surface area contributed by atoms with Gasteiger partial charge in [-0.05, 0) is 20.8 Å². The fourth-order valence-corrected chi connectivity index (χ4v) is 1.48. The number of amides is 1. The fraction of sp³-hybridized carbons (Fsp3) is 0.700. The van der Waals surface area contributed by atoms with Gasteiger partial charge >= 0.3 is 12.1 Å². The van der Waals surface area contributed by atoms with E-state index in [0.29, 0.717) is 0 Å². The summed E-state index contributed by atoms with van der Waals surface area (Å²) >= 11 is 5.59. The lowest BCUT2D eigenvalue weighted by Gasteiger charge is -2.23. The largest absolute Gasteiger partial charge is 0.480 e. The number of halogens is 1. The van der Waals surface area contributed by atoms with Crippen molar-refractivity contribution in [1.29, 1.82) is 0 Å². The van der Waals surface area contributed by atoms with E-state index in [1.165, 1.54) is 0 Å². The van der Waals surface area contributed by atoms with Crippen LogP contribution in [0, 0.1) is 0 Å². The number of carbonyl (C=O) groups is 2. The van der Waals surface area contributed by atoms with Crippen LogP contribution >= 0.6 is 11.6 Å². The lowest BCUT2D eigenvalue weighted by atomic mass is 10.1. The molecule has 0 saturated heterocycles. The van der Waals surface area contributed by atoms with Crippen molar-refractivity contribution < 1.29 is 24.3 Å². The summed E-state index contributed by atoms with van der Waals surface area (Å²) in [6.07, 6.45) is -1.53. The maximum Gasteiger partial charge on any atom is 0.408 e. The van der Waals surface area contributed by atoms with Crippen LogP contribution in [0.2, 0.25) is 0 Å². The molecule has 0 fully saturated rings. The summed E-state index contributed by atoms with van der Waals surface area (Å²) < 4.78 is 4.97. The molecule has 18 heavy (non-hydrogen) atoms. The molecule has 1 heterocycles. The van der Waals surface area contributed by atoms with Crippen LogP contribution in [-0.4, -0.2) is 40.1 Å². The highest BCUT2D eigenvalue weighted by Crippen LogP contribution is 2.17. The van der Waals surface area contributed by atoms with E-state index in [9.17, 15) is 9.59 Å². The number of nitrogens with zero attached hydrogens (tertiary/aromatic N) is 1. The Balaban J connectivity index is 2.59. The second-order valence-electron chi connectivity index (χ2n) is 4.78. The van der Waals surface area contributed by atoms with Gasteiger partial charge < -0.3 is 20.0 Å². The zero-order chi connectivity index (χ0) is 13.9. The van der Waals surface area contributed by atoms with Gasteiger partial charge in [-0.15, -0.1) is 0 Å². The SMILES string of the molecule is CC(C)(C)OC(=O)N[C@H](C(=O)O)[C@@H]1CC(Cl)=NO1. The highest BCUT2D eigenvalue weighted by molar-refractivity contribution is 6.65. The van der Waals surface area contributed by atoms with Crippen molar-refractivity contribution in [3.63, 3.8) is 0 Å². The van der Waals surface area contributed by atoms with Gasteiger partial charge in [0.2, 0.25) is 0 Å². The van der Waals surface area contributed by atoms with Gasteiger partial charge in [0.15, 0.2) is 12.1 Å². The summed E-state index contributed by atoms with van der Waals surface area (Å²) in [4.78, 5) is 27.4. The number of carbonyl (C=O) groups excluding carboxylic acids is 1. The van der Waals surface area contributed by atoms with Crippen molar-refractivity contribution in [2.24, 2.45) is 5.16 Å². The minimum absolute atomic E-state index is 0.133. The highest BCUT2D eigenvalue weighted by atomic mass is 35.5. The van der Waals surface area contributed by atoms with E-state index in [2.05, 4.69) is 10.5 Å². The van der Waals surface area contributed by atoms with E-state index >= 15 is 0 Å². The highest BCUT2D eigenvalue weighted by Gasteiger charge is 2.36. The van der Waals surface area contributed by atoms with Gasteiger partial charge in [-0.3, -0.25) is 0 Å². The number of rotatable bonds is 3. The number of carboxylic acid groups (broad SMARTS) is 1. The molecular weight excluding hydrogens is 264 g/mol. The summed E-state index contributed by atoms with van der Waals surface area (Å²) in [5.41, 5.74) is -0.711. The van der Waals surface area contributed by atoms with Gasteiger partial charge in [-0.1, -0.05) is 16.8 Å². The number of alkyl carbamates (subject to hydrolysis) is 1. The normalized spacial score (nSPS) is 20.7. The first-order valence-corrected chi connectivity index (χ1v) is 5.67. The summed E-state index contributed by atoms with van der Waals surface area (Å²) in [6.45, 7) is 5.03. The first-order valence-electron chi connectivity index (χ1n) is 5.29. The minimum Gasteiger partial charge on any atom is -0.480 e. The quantitative estimate of drug-likeness (QED) is 0.811. The standard InChI is InChI=1S/C10H15ClN2O5/c1-10(2,3)17-9(16)12-7(8(14)15)5-4-6(11)13-18-5/h5,7H,4H2,1-3H3,(H,12,16)(H,14,15)/t5-,7-/m0/s1. The molecule has 0 aromatic rings. The molecule has 0 unspecified atom stereocenters. The first kappa shape index (κ1) is 14.6. The van der Waals surface area contributed by atoms with Crippen LogP contribution in [0.1, 0.15) is 27.2 Å². The molecule has 0 saturated carbocycles. The maximum absolute atomic E-state index is 11.5. The van der Waals surface area contributed by atoms with Gasteiger partial charge in [-0.2, -0.15) is 0 Å². The molecular formula is C10H15ClN2O5. The van der Waals surface area contributed by atoms with Crippen LogP contribution in [0.3, 0.4) is 0 Å². The molecule has 0 aliphatic carbocycles. The number of ether oxygens (including phenoxy) is 1. The van der Waals surface area contributed by atoms with E-state index in [1.54, 1.807) is 20.8 Å². The summed E-state index contributed by atoms with van der Waals surface area (Å²) in [5, 5.41) is 14.8. The van der Waals surface area contributed by atoms with Crippen molar-refractivity contribution in [3.8, 4) is 0 Å². The molecule has 0 spiro atoms. The number of aliphatic carboxylic acids is 1. The third-order valence-corrected chi connectivity index (χ3v) is 2.19. The Morgan fingerprint density at radius 2 is 2.22 bits per heavy atom. The second-order valence-corrected chi connectivity index (χ2v) is 5.21. The van der Waals surface area contributed by atoms with E-state index in [0.717, 1.165) is 0 Å². The number of nitrogens with one attached hydrogen (secondary N) is 1. The molecule has 0 bridgehead atoms. The summed E-state index contributed by atoms with van der Waals surface area (Å²) in [7, 11) is 0. The predicted octanol–water partition coefficient (Wildman–Crippen LogP) is 1.31. The lowest BCUT2D eigenvalue weighted by Crippen LogP contribution is -2.50. The van der Waals surface area contributed by atoms with Gasteiger partial charge in [0.25, 0.3) is 0 Å². The van der Waals surface area contributed by atoms with E-state index < -0.39 is 29.8 Å². The number of hydrogen-bond acceptors (Lipinski definition) is 5. The maximum atomic E-state index is 11.5. The Labute approximate surface area is 109 Å². The van der Waals surface area contributed by atoms with Gasteiger partial charge in [-0.25, -0.2) is 9.59 Å². The number of oxime groups is 1. The summed E-state index contributed by atoms with van der Waals surface area (Å²) in [5.74, 6) is -1.24. The van der Waals surface area contributed by atoms with Crippen LogP contribution in [-0.2, 0) is 14.4 Å². The second kappa shape index (κ2) is 5.43. The Morgan fingerprint density at radius 1 is 1.61 bits per heavy atom. The Bertz CT molecular complexity index is 377. The number of carboxylic acids is 1. The van der Waals surface area contributed by atoms with Crippen LogP contribution < -0.4 is 5.32 Å². The molecule has 2 atom stereocenters. The molecule has 1 aliphatic heterocycles. The molecule has 7 nitrogen and oxygen atoms in total. The van der Waals surface area contributed by atoms with Crippen molar-refractivity contribution in [1.82, 2.24) is 5.32 Å². The third-order valence-electron chi connectivity index (χ3n) is 1.97. The average molecular weight is 279 g/mol. The molecule has 2 N–H and O–H groups in total. The Morgan fingerprint density at radius 3 is 2.61 bits per heavy atom. The van der Waals surface area contributed by atoms with Gasteiger partial charge in [0, 0.05) is 6.42 Å². The zero-order valence-electron chi connectivity index (χ0n) is 10.3. The van der Waals surface area contributed by atoms with Crippen molar-refractivity contribution in [3.05, 3.63) is 0 Å². The smallest absolute Gasteiger partial charge is 0.408 e. The van der Waals surface area contributed by atoms with E-state index in [-0.39, 0.29) is 11.6 Å². The fourth-order valence-electron chi connectivity index (χ4n) is 1.29. The van der Waals surface area contributed by atoms with Crippen LogP contribution in [0.5, 0.6) is 0 Å². The Kier molecular flexibility index (Phi) is 4.39. The number of hydrogen-bond donors (Lipinski definition) is 2. The molecule has 1 aliphatic rings. The zero-order valence-corrected chi connectivity index (χ0v) is 11.0. The van der Waals surface area contributed by atoms with E-state index in [1.807, 2.05) is 0 Å².